The zero-order valence-electron chi connectivity index (χ0n) is 6.70. The van der Waals surface area contributed by atoms with Crippen molar-refractivity contribution in [1.29, 1.82) is 0 Å². The number of nitrogens with one attached hydrogen (secondary N) is 1. The van der Waals surface area contributed by atoms with Crippen LogP contribution < -0.4 is 5.56 Å². The summed E-state index contributed by atoms with van der Waals surface area (Å²) in [5, 5.41) is 11.3. The quantitative estimate of drug-likeness (QED) is 0.567. The molecule has 0 spiro atoms. The molecular formula is C6H7N5O. The van der Waals surface area contributed by atoms with Gasteiger partial charge >= 0.3 is 0 Å². The summed E-state index contributed by atoms with van der Waals surface area (Å²) < 4.78 is 1.21. The van der Waals surface area contributed by atoms with Gasteiger partial charge in [0.1, 0.15) is 11.5 Å². The second-order valence-corrected chi connectivity index (χ2v) is 2.54. The minimum atomic E-state index is -0.232. The maximum Gasteiger partial charge on any atom is 0.297 e. The molecule has 0 atom stereocenters. The van der Waals surface area contributed by atoms with Crippen LogP contribution in [-0.4, -0.2) is 24.8 Å². The highest BCUT2D eigenvalue weighted by Gasteiger charge is 2.04. The summed E-state index contributed by atoms with van der Waals surface area (Å²) in [6.45, 7) is 3.36. The third-order valence-corrected chi connectivity index (χ3v) is 1.54. The Morgan fingerprint density at radius 3 is 2.83 bits per heavy atom. The van der Waals surface area contributed by atoms with Crippen LogP contribution in [0.3, 0.4) is 0 Å². The number of nitrogens with zero attached hydrogens (tertiary/aromatic N) is 4. The molecular weight excluding hydrogens is 158 g/mol. The summed E-state index contributed by atoms with van der Waals surface area (Å²) in [5.74, 6) is 1.02. The maximum atomic E-state index is 11.3. The topological polar surface area (TPSA) is 75.9 Å². The van der Waals surface area contributed by atoms with Gasteiger partial charge in [-0.05, 0) is 13.8 Å². The molecule has 2 rings (SSSR count). The third-order valence-electron chi connectivity index (χ3n) is 1.54. The van der Waals surface area contributed by atoms with E-state index in [4.69, 9.17) is 0 Å². The zero-order chi connectivity index (χ0) is 8.72. The van der Waals surface area contributed by atoms with Crippen molar-refractivity contribution < 1.29 is 0 Å². The van der Waals surface area contributed by atoms with Crippen LogP contribution in [-0.2, 0) is 0 Å². The molecule has 0 bridgehead atoms. The first kappa shape index (κ1) is 6.96. The van der Waals surface area contributed by atoms with Crippen LogP contribution in [0, 0.1) is 13.8 Å². The molecule has 0 radical (unpaired) electrons. The fourth-order valence-electron chi connectivity index (χ4n) is 0.964. The average Bonchev–Trinajstić information content (AvgIpc) is 2.39. The summed E-state index contributed by atoms with van der Waals surface area (Å²) in [6.07, 6.45) is 0. The number of hydrogen-bond acceptors (Lipinski definition) is 4. The van der Waals surface area contributed by atoms with Gasteiger partial charge in [0.15, 0.2) is 0 Å². The molecule has 0 amide bonds. The molecule has 0 unspecified atom stereocenters. The van der Waals surface area contributed by atoms with Gasteiger partial charge in [0.25, 0.3) is 11.3 Å². The number of aromatic nitrogens is 5. The van der Waals surface area contributed by atoms with Crippen LogP contribution in [0.2, 0.25) is 0 Å². The molecule has 12 heavy (non-hydrogen) atoms. The van der Waals surface area contributed by atoms with E-state index in [1.165, 1.54) is 4.52 Å². The fraction of sp³-hybridized carbons (Fsp3) is 0.333. The van der Waals surface area contributed by atoms with Crippen molar-refractivity contribution in [2.75, 3.05) is 0 Å². The maximum absolute atomic E-state index is 11.3. The van der Waals surface area contributed by atoms with Crippen molar-refractivity contribution in [2.24, 2.45) is 0 Å². The second kappa shape index (κ2) is 2.13. The first-order chi connectivity index (χ1) is 5.68. The van der Waals surface area contributed by atoms with Gasteiger partial charge in [-0.2, -0.15) is 4.52 Å². The number of fused-ring (bicyclic) bond motifs is 1. The lowest BCUT2D eigenvalue weighted by molar-refractivity contribution is 0.816. The van der Waals surface area contributed by atoms with E-state index in [1.807, 2.05) is 0 Å². The highest BCUT2D eigenvalue weighted by molar-refractivity contribution is 5.23. The molecule has 0 aromatic carbocycles. The second-order valence-electron chi connectivity index (χ2n) is 2.54. The Morgan fingerprint density at radius 1 is 1.33 bits per heavy atom. The Bertz CT molecular complexity index is 482. The van der Waals surface area contributed by atoms with E-state index >= 15 is 0 Å². The van der Waals surface area contributed by atoms with Crippen molar-refractivity contribution in [3.63, 3.8) is 0 Å². The van der Waals surface area contributed by atoms with Gasteiger partial charge in [-0.25, -0.2) is 0 Å². The number of aryl methyl sites for hydroxylation is 2. The Hall–Kier alpha value is -1.72. The Morgan fingerprint density at radius 2 is 2.08 bits per heavy atom. The molecule has 0 aliphatic carbocycles. The summed E-state index contributed by atoms with van der Waals surface area (Å²) in [7, 11) is 0. The molecule has 62 valence electrons. The van der Waals surface area contributed by atoms with Gasteiger partial charge in [-0.1, -0.05) is 0 Å². The van der Waals surface area contributed by atoms with Gasteiger partial charge < -0.3 is 4.98 Å². The number of H-pyrrole nitrogens is 1. The van der Waals surface area contributed by atoms with Gasteiger partial charge in [0, 0.05) is 0 Å². The molecule has 1 N–H and O–H groups in total. The molecule has 0 aliphatic heterocycles. The summed E-state index contributed by atoms with van der Waals surface area (Å²) in [5.41, 5.74) is 0.114. The normalized spacial score (nSPS) is 10.8. The largest absolute Gasteiger partial charge is 0.310 e. The van der Waals surface area contributed by atoms with E-state index in [-0.39, 0.29) is 5.56 Å². The van der Waals surface area contributed by atoms with Crippen molar-refractivity contribution >= 4 is 5.78 Å². The first-order valence-electron chi connectivity index (χ1n) is 3.47. The molecule has 0 aliphatic rings. The molecule has 2 aromatic rings. The smallest absolute Gasteiger partial charge is 0.297 e. The lowest BCUT2D eigenvalue weighted by Gasteiger charge is -1.88. The molecule has 6 heteroatoms. The van der Waals surface area contributed by atoms with E-state index in [0.717, 1.165) is 0 Å². The Kier molecular flexibility index (Phi) is 1.24. The number of hydrogen-bond donors (Lipinski definition) is 1. The third kappa shape index (κ3) is 0.810. The molecule has 0 fully saturated rings. The summed E-state index contributed by atoms with van der Waals surface area (Å²) >= 11 is 0. The molecule has 2 aromatic heterocycles. The summed E-state index contributed by atoms with van der Waals surface area (Å²) in [4.78, 5) is 14.1. The highest BCUT2D eigenvalue weighted by Crippen LogP contribution is 1.90. The van der Waals surface area contributed by atoms with Crippen molar-refractivity contribution in [3.05, 3.63) is 21.9 Å². The number of aromatic amines is 1. The fourth-order valence-corrected chi connectivity index (χ4v) is 0.964. The van der Waals surface area contributed by atoms with Crippen LogP contribution in [0.25, 0.3) is 5.78 Å². The van der Waals surface area contributed by atoms with Gasteiger partial charge in [0.05, 0.1) is 0 Å². The van der Waals surface area contributed by atoms with Gasteiger partial charge in [-0.15, -0.1) is 15.3 Å². The summed E-state index contributed by atoms with van der Waals surface area (Å²) in [6, 6.07) is 0. The van der Waals surface area contributed by atoms with E-state index in [0.29, 0.717) is 17.3 Å². The van der Waals surface area contributed by atoms with Crippen molar-refractivity contribution in [3.8, 4) is 0 Å². The lowest BCUT2D eigenvalue weighted by Crippen LogP contribution is -2.19. The predicted molar refractivity (Wildman–Crippen MR) is 40.9 cm³/mol. The standard InChI is InChI=1S/C6H7N5O/c1-3-5(12)11-6(9-8-3)7-4(2)10-11/h1-2H3,(H,7,9,10). The van der Waals surface area contributed by atoms with E-state index in [1.54, 1.807) is 13.8 Å². The Balaban J connectivity index is 2.99. The Labute approximate surface area is 67.3 Å². The lowest BCUT2D eigenvalue weighted by atomic mass is 10.5. The van der Waals surface area contributed by atoms with Gasteiger partial charge in [0.2, 0.25) is 0 Å². The highest BCUT2D eigenvalue weighted by atomic mass is 16.1. The van der Waals surface area contributed by atoms with Crippen LogP contribution >= 0.6 is 0 Å². The molecule has 2 heterocycles. The molecule has 0 saturated heterocycles. The minimum Gasteiger partial charge on any atom is -0.310 e. The van der Waals surface area contributed by atoms with Crippen LogP contribution in [0.15, 0.2) is 4.79 Å². The van der Waals surface area contributed by atoms with Crippen molar-refractivity contribution in [2.45, 2.75) is 13.8 Å². The SMILES string of the molecule is Cc1nn2c(=O)c(C)nnc2[nH]1. The van der Waals surface area contributed by atoms with E-state index in [2.05, 4.69) is 20.3 Å². The van der Waals surface area contributed by atoms with Crippen molar-refractivity contribution in [1.82, 2.24) is 24.8 Å². The van der Waals surface area contributed by atoms with Crippen LogP contribution in [0.1, 0.15) is 11.5 Å². The first-order valence-corrected chi connectivity index (χ1v) is 3.47. The number of rotatable bonds is 0. The predicted octanol–water partition coefficient (Wildman–Crippen LogP) is -0.571. The molecule has 6 nitrogen and oxygen atoms in total. The average molecular weight is 165 g/mol. The monoisotopic (exact) mass is 165 g/mol. The van der Waals surface area contributed by atoms with Crippen LogP contribution in [0.5, 0.6) is 0 Å². The zero-order valence-corrected chi connectivity index (χ0v) is 6.70. The molecule has 0 saturated carbocycles. The van der Waals surface area contributed by atoms with E-state index in [9.17, 15) is 4.79 Å². The van der Waals surface area contributed by atoms with Crippen LogP contribution in [0.4, 0.5) is 0 Å². The van der Waals surface area contributed by atoms with Gasteiger partial charge in [-0.3, -0.25) is 4.79 Å². The minimum absolute atomic E-state index is 0.232. The van der Waals surface area contributed by atoms with E-state index < -0.39 is 0 Å².